The topological polar surface area (TPSA) is 69.3 Å². The summed E-state index contributed by atoms with van der Waals surface area (Å²) in [6.45, 7) is 0. The van der Waals surface area contributed by atoms with Crippen molar-refractivity contribution in [1.29, 1.82) is 0 Å². The van der Waals surface area contributed by atoms with Crippen LogP contribution in [-0.2, 0) is 0 Å². The molecule has 0 fully saturated rings. The predicted octanol–water partition coefficient (Wildman–Crippen LogP) is 1.10. The van der Waals surface area contributed by atoms with Gasteiger partial charge in [-0.2, -0.15) is 0 Å². The first-order valence-electron chi connectivity index (χ1n) is 5.28. The highest BCUT2D eigenvalue weighted by Gasteiger charge is 2.10. The molecule has 88 valence electrons. The van der Waals surface area contributed by atoms with Crippen molar-refractivity contribution in [1.82, 2.24) is 15.6 Å². The van der Waals surface area contributed by atoms with E-state index in [4.69, 9.17) is 0 Å². The number of aliphatic imine (C=N–C) groups is 1. The molecule has 0 unspecified atom stereocenters. The molecule has 2 aromatic rings. The fraction of sp³-hybridized carbons (Fsp3) is 0.167. The van der Waals surface area contributed by atoms with Crippen molar-refractivity contribution in [3.63, 3.8) is 0 Å². The molecule has 2 rings (SSSR count). The fourth-order valence-corrected chi connectivity index (χ4v) is 1.60. The quantitative estimate of drug-likeness (QED) is 0.507. The smallest absolute Gasteiger partial charge is 0.274 e. The van der Waals surface area contributed by atoms with E-state index in [0.29, 0.717) is 11.7 Å². The molecule has 0 aliphatic carbocycles. The molecule has 1 amide bonds. The third kappa shape index (κ3) is 2.28. The van der Waals surface area contributed by atoms with Gasteiger partial charge in [-0.3, -0.25) is 15.1 Å². The van der Waals surface area contributed by atoms with Crippen LogP contribution in [-0.4, -0.2) is 30.9 Å². The van der Waals surface area contributed by atoms with Crippen molar-refractivity contribution < 1.29 is 4.79 Å². The lowest BCUT2D eigenvalue weighted by molar-refractivity contribution is 0.0972. The number of H-pyrrole nitrogens is 1. The van der Waals surface area contributed by atoms with Gasteiger partial charge in [0.15, 0.2) is 5.96 Å². The number of hydrogen-bond acceptors (Lipinski definition) is 2. The molecule has 0 atom stereocenters. The van der Waals surface area contributed by atoms with Gasteiger partial charge in [-0.05, 0) is 12.1 Å². The van der Waals surface area contributed by atoms with Crippen molar-refractivity contribution >= 4 is 22.8 Å². The molecule has 0 radical (unpaired) electrons. The second kappa shape index (κ2) is 4.69. The summed E-state index contributed by atoms with van der Waals surface area (Å²) in [5, 5.41) is 6.46. The first-order valence-corrected chi connectivity index (χ1v) is 5.28. The van der Waals surface area contributed by atoms with E-state index in [0.717, 1.165) is 10.9 Å². The number of nitrogens with zero attached hydrogens (tertiary/aromatic N) is 1. The number of aromatic amines is 1. The number of amides is 1. The first-order chi connectivity index (χ1) is 8.24. The third-order valence-corrected chi connectivity index (χ3v) is 2.47. The molecular formula is C12H14N4O. The average molecular weight is 230 g/mol. The largest absolute Gasteiger partial charge is 0.359 e. The summed E-state index contributed by atoms with van der Waals surface area (Å²) in [4.78, 5) is 18.8. The molecule has 0 bridgehead atoms. The normalized spacial score (nSPS) is 11.5. The molecule has 0 aliphatic rings. The van der Waals surface area contributed by atoms with Crippen LogP contribution in [0.25, 0.3) is 10.9 Å². The van der Waals surface area contributed by atoms with E-state index in [1.54, 1.807) is 14.1 Å². The number of fused-ring (bicyclic) bond motifs is 1. The zero-order chi connectivity index (χ0) is 12.3. The summed E-state index contributed by atoms with van der Waals surface area (Å²) < 4.78 is 0. The highest BCUT2D eigenvalue weighted by Crippen LogP contribution is 2.14. The van der Waals surface area contributed by atoms with Crippen LogP contribution in [0.4, 0.5) is 0 Å². The van der Waals surface area contributed by atoms with Crippen LogP contribution in [0.15, 0.2) is 35.3 Å². The van der Waals surface area contributed by atoms with Gasteiger partial charge < -0.3 is 10.3 Å². The number of aromatic nitrogens is 1. The number of hydrogen-bond donors (Lipinski definition) is 3. The zero-order valence-electron chi connectivity index (χ0n) is 9.74. The van der Waals surface area contributed by atoms with E-state index in [9.17, 15) is 4.79 Å². The van der Waals surface area contributed by atoms with E-state index in [2.05, 4.69) is 20.6 Å². The minimum atomic E-state index is -0.212. The Labute approximate surface area is 98.9 Å². The molecule has 1 aromatic heterocycles. The first kappa shape index (κ1) is 11.2. The van der Waals surface area contributed by atoms with Gasteiger partial charge in [-0.1, -0.05) is 18.2 Å². The van der Waals surface area contributed by atoms with Crippen LogP contribution in [0.1, 0.15) is 10.5 Å². The number of nitrogens with one attached hydrogen (secondary N) is 3. The minimum Gasteiger partial charge on any atom is -0.359 e. The molecule has 0 aliphatic heterocycles. The molecule has 3 N–H and O–H groups in total. The molecule has 1 heterocycles. The van der Waals surface area contributed by atoms with Crippen LogP contribution >= 0.6 is 0 Å². The van der Waals surface area contributed by atoms with Gasteiger partial charge in [0.25, 0.3) is 5.91 Å². The van der Waals surface area contributed by atoms with Crippen molar-refractivity contribution in [2.45, 2.75) is 0 Å². The Morgan fingerprint density at radius 1 is 1.35 bits per heavy atom. The fourth-order valence-electron chi connectivity index (χ4n) is 1.60. The molecule has 5 nitrogen and oxygen atoms in total. The van der Waals surface area contributed by atoms with Crippen LogP contribution in [0.2, 0.25) is 0 Å². The number of para-hydroxylation sites is 1. The van der Waals surface area contributed by atoms with E-state index in [1.807, 2.05) is 30.3 Å². The maximum Gasteiger partial charge on any atom is 0.274 e. The molecule has 17 heavy (non-hydrogen) atoms. The van der Waals surface area contributed by atoms with Gasteiger partial charge in [0.2, 0.25) is 0 Å². The van der Waals surface area contributed by atoms with E-state index < -0.39 is 0 Å². The monoisotopic (exact) mass is 230 g/mol. The Morgan fingerprint density at radius 2 is 2.12 bits per heavy atom. The molecule has 0 saturated carbocycles. The van der Waals surface area contributed by atoms with Crippen molar-refractivity contribution in [2.75, 3.05) is 14.1 Å². The summed E-state index contributed by atoms with van der Waals surface area (Å²) in [6.07, 6.45) is 0. The Bertz CT molecular complexity index is 538. The van der Waals surface area contributed by atoms with Gasteiger partial charge in [-0.25, -0.2) is 0 Å². The van der Waals surface area contributed by atoms with E-state index in [1.165, 1.54) is 0 Å². The van der Waals surface area contributed by atoms with Crippen LogP contribution < -0.4 is 10.6 Å². The van der Waals surface area contributed by atoms with Gasteiger partial charge in [0, 0.05) is 25.0 Å². The Hall–Kier alpha value is -2.30. The predicted molar refractivity (Wildman–Crippen MR) is 68.2 cm³/mol. The second-order valence-corrected chi connectivity index (χ2v) is 3.55. The number of carbonyl (C=O) groups is 1. The van der Waals surface area contributed by atoms with Gasteiger partial charge in [-0.15, -0.1) is 0 Å². The van der Waals surface area contributed by atoms with Crippen molar-refractivity contribution in [2.24, 2.45) is 4.99 Å². The maximum absolute atomic E-state index is 11.9. The highest BCUT2D eigenvalue weighted by molar-refractivity contribution is 6.06. The lowest BCUT2D eigenvalue weighted by atomic mass is 10.2. The Morgan fingerprint density at radius 3 is 2.76 bits per heavy atom. The lowest BCUT2D eigenvalue weighted by Gasteiger charge is -2.05. The highest BCUT2D eigenvalue weighted by atomic mass is 16.2. The van der Waals surface area contributed by atoms with Gasteiger partial charge in [0.1, 0.15) is 5.69 Å². The number of rotatable bonds is 1. The summed E-state index contributed by atoms with van der Waals surface area (Å²) in [5.41, 5.74) is 1.46. The van der Waals surface area contributed by atoms with Crippen molar-refractivity contribution in [3.8, 4) is 0 Å². The Kier molecular flexibility index (Phi) is 3.09. The van der Waals surface area contributed by atoms with E-state index >= 15 is 0 Å². The summed E-state index contributed by atoms with van der Waals surface area (Å²) in [5.74, 6) is 0.227. The molecule has 0 saturated heterocycles. The van der Waals surface area contributed by atoms with Crippen LogP contribution in [0.3, 0.4) is 0 Å². The van der Waals surface area contributed by atoms with Crippen LogP contribution in [0, 0.1) is 0 Å². The van der Waals surface area contributed by atoms with E-state index in [-0.39, 0.29) is 5.91 Å². The van der Waals surface area contributed by atoms with Gasteiger partial charge in [0.05, 0.1) is 0 Å². The van der Waals surface area contributed by atoms with Crippen LogP contribution in [0.5, 0.6) is 0 Å². The molecule has 5 heteroatoms. The standard InChI is InChI=1S/C12H14N4O/c1-13-12(14-2)16-11(17)10-7-8-5-3-4-6-9(8)15-10/h3-7,15H,1-2H3,(H2,13,14,16,17). The average Bonchev–Trinajstić information content (AvgIpc) is 2.79. The minimum absolute atomic E-state index is 0.212. The lowest BCUT2D eigenvalue weighted by Crippen LogP contribution is -2.39. The second-order valence-electron chi connectivity index (χ2n) is 3.55. The summed E-state index contributed by atoms with van der Waals surface area (Å²) in [6, 6.07) is 9.56. The summed E-state index contributed by atoms with van der Waals surface area (Å²) in [7, 11) is 3.31. The zero-order valence-corrected chi connectivity index (χ0v) is 9.74. The number of carbonyl (C=O) groups excluding carboxylic acids is 1. The SMILES string of the molecule is CN=C(NC)NC(=O)c1cc2ccccc2[nH]1. The number of guanidine groups is 1. The third-order valence-electron chi connectivity index (χ3n) is 2.47. The Balaban J connectivity index is 2.25. The molecule has 1 aromatic carbocycles. The molecular weight excluding hydrogens is 216 g/mol. The van der Waals surface area contributed by atoms with Crippen molar-refractivity contribution in [3.05, 3.63) is 36.0 Å². The summed E-state index contributed by atoms with van der Waals surface area (Å²) >= 11 is 0. The maximum atomic E-state index is 11.9. The molecule has 0 spiro atoms. The number of benzene rings is 1. The van der Waals surface area contributed by atoms with Gasteiger partial charge >= 0.3 is 0 Å².